The quantitative estimate of drug-likeness (QED) is 0.171. The molecule has 2 aromatic heterocycles. The number of allylic oxidation sites excluding steroid dienone is 2. The Morgan fingerprint density at radius 2 is 1.07 bits per heavy atom. The standard InChI is InChI=1S/C57H37N3O/c1-3-14-36(15-4-1)37-26-30-40(31-27-37)55-45-21-8-11-24-49(45)59-57(60-55)41-32-28-38(29-33-41)42-18-13-19-43(34-42)56-47-35-51-54(46-22-9-12-25-50(46)61-51)52(39-16-5-2-6-17-39)53(47)44-20-7-10-23-48(44)58-56/h1-35,49H,(H,59,60). The minimum atomic E-state index is 0.0325. The number of rotatable bonds is 6. The summed E-state index contributed by atoms with van der Waals surface area (Å²) >= 11 is 0. The first-order valence-corrected chi connectivity index (χ1v) is 20.8. The van der Waals surface area contributed by atoms with Crippen LogP contribution < -0.4 is 5.32 Å². The van der Waals surface area contributed by atoms with Crippen molar-refractivity contribution in [2.75, 3.05) is 0 Å². The highest BCUT2D eigenvalue weighted by Gasteiger charge is 2.25. The van der Waals surface area contributed by atoms with E-state index in [-0.39, 0.29) is 6.04 Å². The summed E-state index contributed by atoms with van der Waals surface area (Å²) < 4.78 is 6.61. The number of nitrogens with zero attached hydrogens (tertiary/aromatic N) is 2. The van der Waals surface area contributed by atoms with Gasteiger partial charge in [-0.1, -0.05) is 188 Å². The number of pyridine rings is 1. The fourth-order valence-corrected chi connectivity index (χ4v) is 9.18. The predicted octanol–water partition coefficient (Wildman–Crippen LogP) is 14.2. The minimum absolute atomic E-state index is 0.0325. The summed E-state index contributed by atoms with van der Waals surface area (Å²) in [6.45, 7) is 0. The lowest BCUT2D eigenvalue weighted by Crippen LogP contribution is -2.39. The highest BCUT2D eigenvalue weighted by atomic mass is 16.3. The number of benzene rings is 8. The summed E-state index contributed by atoms with van der Waals surface area (Å²) in [6, 6.07) is 66.5. The van der Waals surface area contributed by atoms with Gasteiger partial charge in [0.05, 0.1) is 22.9 Å². The smallest absolute Gasteiger partial charge is 0.136 e. The Morgan fingerprint density at radius 1 is 0.443 bits per heavy atom. The van der Waals surface area contributed by atoms with Gasteiger partial charge in [-0.15, -0.1) is 0 Å². The summed E-state index contributed by atoms with van der Waals surface area (Å²) in [5.41, 5.74) is 15.9. The Balaban J connectivity index is 0.950. The monoisotopic (exact) mass is 779 g/mol. The van der Waals surface area contributed by atoms with Crippen LogP contribution >= 0.6 is 0 Å². The molecule has 0 bridgehead atoms. The first-order valence-electron chi connectivity index (χ1n) is 20.8. The summed E-state index contributed by atoms with van der Waals surface area (Å²) in [5, 5.41) is 9.29. The molecule has 0 saturated heterocycles. The van der Waals surface area contributed by atoms with Gasteiger partial charge in [0.25, 0.3) is 0 Å². The zero-order valence-electron chi connectivity index (χ0n) is 33.1. The Bertz CT molecular complexity index is 3470. The molecule has 10 aromatic rings. The van der Waals surface area contributed by atoms with Crippen molar-refractivity contribution in [2.45, 2.75) is 6.04 Å². The molecule has 1 aliphatic carbocycles. The molecule has 0 radical (unpaired) electrons. The summed E-state index contributed by atoms with van der Waals surface area (Å²) in [6.07, 6.45) is 8.57. The van der Waals surface area contributed by atoms with E-state index >= 15 is 0 Å². The van der Waals surface area contributed by atoms with Crippen LogP contribution in [0.4, 0.5) is 0 Å². The van der Waals surface area contributed by atoms with Crippen LogP contribution in [-0.2, 0) is 0 Å². The third kappa shape index (κ3) is 5.99. The Morgan fingerprint density at radius 3 is 1.87 bits per heavy atom. The van der Waals surface area contributed by atoms with Crippen molar-refractivity contribution in [2.24, 2.45) is 4.99 Å². The predicted molar refractivity (Wildman–Crippen MR) is 253 cm³/mol. The maximum atomic E-state index is 6.61. The summed E-state index contributed by atoms with van der Waals surface area (Å²) in [4.78, 5) is 10.7. The van der Waals surface area contributed by atoms with E-state index < -0.39 is 0 Å². The number of aromatic nitrogens is 1. The molecule has 2 aliphatic rings. The number of hydrogen-bond donors (Lipinski definition) is 1. The lowest BCUT2D eigenvalue weighted by atomic mass is 9.89. The average Bonchev–Trinajstić information content (AvgIpc) is 3.71. The second kappa shape index (κ2) is 14.3. The van der Waals surface area contributed by atoms with E-state index in [1.54, 1.807) is 0 Å². The first kappa shape index (κ1) is 34.9. The molecule has 0 saturated carbocycles. The molecule has 61 heavy (non-hydrogen) atoms. The molecule has 1 atom stereocenters. The molecule has 0 spiro atoms. The third-order valence-electron chi connectivity index (χ3n) is 12.1. The fourth-order valence-electron chi connectivity index (χ4n) is 9.18. The number of para-hydroxylation sites is 2. The SMILES string of the molecule is C1=CC2=C(c3ccc(-c4ccccc4)cc3)N=C(c3ccc(-c4cccc(-c5nc6ccccc6c6c(-c7ccccc7)c7c(cc56)oc5ccccc57)c4)cc3)NC2C=C1. The van der Waals surface area contributed by atoms with Crippen LogP contribution in [0.1, 0.15) is 11.1 Å². The van der Waals surface area contributed by atoms with Crippen molar-refractivity contribution in [3.63, 3.8) is 0 Å². The molecular weight excluding hydrogens is 743 g/mol. The van der Waals surface area contributed by atoms with Gasteiger partial charge in [-0.05, 0) is 52.1 Å². The molecule has 4 heteroatoms. The molecule has 1 aliphatic heterocycles. The number of nitrogens with one attached hydrogen (secondary N) is 1. The zero-order valence-corrected chi connectivity index (χ0v) is 33.1. The van der Waals surface area contributed by atoms with Crippen LogP contribution in [0.3, 0.4) is 0 Å². The van der Waals surface area contributed by atoms with E-state index in [2.05, 4.69) is 212 Å². The van der Waals surface area contributed by atoms with Gasteiger partial charge in [0.1, 0.15) is 17.0 Å². The van der Waals surface area contributed by atoms with Crippen LogP contribution in [0.2, 0.25) is 0 Å². The lowest BCUT2D eigenvalue weighted by Gasteiger charge is -2.28. The van der Waals surface area contributed by atoms with Gasteiger partial charge in [-0.2, -0.15) is 0 Å². The third-order valence-corrected chi connectivity index (χ3v) is 12.1. The number of hydrogen-bond acceptors (Lipinski definition) is 4. The van der Waals surface area contributed by atoms with Crippen LogP contribution in [0, 0.1) is 0 Å². The largest absolute Gasteiger partial charge is 0.456 e. The van der Waals surface area contributed by atoms with Gasteiger partial charge in [0, 0.05) is 54.8 Å². The van der Waals surface area contributed by atoms with E-state index in [0.717, 1.165) is 94.4 Å². The van der Waals surface area contributed by atoms with E-state index in [1.165, 1.54) is 22.1 Å². The van der Waals surface area contributed by atoms with Crippen molar-refractivity contribution < 1.29 is 4.42 Å². The van der Waals surface area contributed by atoms with Crippen molar-refractivity contribution in [1.29, 1.82) is 0 Å². The fraction of sp³-hybridized carbons (Fsp3) is 0.0175. The van der Waals surface area contributed by atoms with Gasteiger partial charge in [-0.3, -0.25) is 0 Å². The molecule has 12 rings (SSSR count). The van der Waals surface area contributed by atoms with Gasteiger partial charge in [-0.25, -0.2) is 9.98 Å². The molecule has 8 aromatic carbocycles. The van der Waals surface area contributed by atoms with Crippen molar-refractivity contribution in [1.82, 2.24) is 10.3 Å². The maximum absolute atomic E-state index is 6.61. The molecule has 3 heterocycles. The molecule has 286 valence electrons. The van der Waals surface area contributed by atoms with E-state index in [1.807, 2.05) is 6.07 Å². The summed E-state index contributed by atoms with van der Waals surface area (Å²) in [5.74, 6) is 0.856. The number of furan rings is 1. The molecular formula is C57H37N3O. The minimum Gasteiger partial charge on any atom is -0.456 e. The van der Waals surface area contributed by atoms with E-state index in [0.29, 0.717) is 0 Å². The highest BCUT2D eigenvalue weighted by Crippen LogP contribution is 2.46. The number of fused-ring (bicyclic) bond motifs is 7. The lowest BCUT2D eigenvalue weighted by molar-refractivity contribution is 0.669. The second-order valence-corrected chi connectivity index (χ2v) is 15.7. The highest BCUT2D eigenvalue weighted by molar-refractivity contribution is 6.27. The summed E-state index contributed by atoms with van der Waals surface area (Å²) in [7, 11) is 0. The van der Waals surface area contributed by atoms with Crippen LogP contribution in [-0.4, -0.2) is 16.9 Å². The molecule has 0 amide bonds. The Labute approximate surface area is 353 Å². The average molecular weight is 780 g/mol. The molecule has 4 nitrogen and oxygen atoms in total. The molecule has 1 N–H and O–H groups in total. The second-order valence-electron chi connectivity index (χ2n) is 15.7. The maximum Gasteiger partial charge on any atom is 0.136 e. The van der Waals surface area contributed by atoms with E-state index in [9.17, 15) is 0 Å². The van der Waals surface area contributed by atoms with Crippen LogP contribution in [0.5, 0.6) is 0 Å². The normalized spacial score (nSPS) is 14.8. The number of aliphatic imine (C=N–C) groups is 1. The van der Waals surface area contributed by atoms with E-state index in [4.69, 9.17) is 14.4 Å². The zero-order chi connectivity index (χ0) is 40.3. The first-order chi connectivity index (χ1) is 30.2. The van der Waals surface area contributed by atoms with Gasteiger partial charge < -0.3 is 9.73 Å². The van der Waals surface area contributed by atoms with Crippen LogP contribution in [0.15, 0.2) is 227 Å². The van der Waals surface area contributed by atoms with Crippen molar-refractivity contribution in [3.05, 3.63) is 229 Å². The molecule has 1 unspecified atom stereocenters. The van der Waals surface area contributed by atoms with Gasteiger partial charge in [0.15, 0.2) is 0 Å². The van der Waals surface area contributed by atoms with Crippen molar-refractivity contribution >= 4 is 55.1 Å². The Kier molecular flexibility index (Phi) is 8.20. The van der Waals surface area contributed by atoms with Crippen LogP contribution in [0.25, 0.3) is 93.9 Å². The molecule has 0 fully saturated rings. The topological polar surface area (TPSA) is 50.4 Å². The Hall–Kier alpha value is -8.08. The van der Waals surface area contributed by atoms with Gasteiger partial charge >= 0.3 is 0 Å². The van der Waals surface area contributed by atoms with Gasteiger partial charge in [0.2, 0.25) is 0 Å². The van der Waals surface area contributed by atoms with Crippen molar-refractivity contribution in [3.8, 4) is 44.6 Å². The number of amidine groups is 1.